The molecule has 4 aromatic rings. The molecule has 0 atom stereocenters. The van der Waals surface area contributed by atoms with E-state index in [0.717, 1.165) is 27.9 Å². The van der Waals surface area contributed by atoms with Crippen LogP contribution in [-0.4, -0.2) is 30.4 Å². The lowest BCUT2D eigenvalue weighted by Crippen LogP contribution is -2.13. The van der Waals surface area contributed by atoms with Gasteiger partial charge in [0.05, 0.1) is 23.9 Å². The number of aromatic nitrogens is 5. The van der Waals surface area contributed by atoms with E-state index in [4.69, 9.17) is 0 Å². The van der Waals surface area contributed by atoms with Crippen molar-refractivity contribution in [3.8, 4) is 11.4 Å². The maximum Gasteiger partial charge on any atom is 0.256 e. The number of imidazole rings is 1. The Morgan fingerprint density at radius 1 is 1.04 bits per heavy atom. The highest BCUT2D eigenvalue weighted by molar-refractivity contribution is 6.04. The Bertz CT molecular complexity index is 1120. The Balaban J connectivity index is 1.66. The number of aryl methyl sites for hydroxylation is 2. The minimum Gasteiger partial charge on any atom is -0.332 e. The molecule has 7 heteroatoms. The van der Waals surface area contributed by atoms with Crippen molar-refractivity contribution in [3.05, 3.63) is 66.6 Å². The molecule has 4 heterocycles. The Hall–Kier alpha value is -3.61. The van der Waals surface area contributed by atoms with Gasteiger partial charge in [0.1, 0.15) is 5.82 Å². The van der Waals surface area contributed by atoms with E-state index in [1.165, 1.54) is 0 Å². The summed E-state index contributed by atoms with van der Waals surface area (Å²) in [7, 11) is 1.92. The lowest BCUT2D eigenvalue weighted by Gasteiger charge is -2.07. The van der Waals surface area contributed by atoms with Crippen molar-refractivity contribution in [2.24, 2.45) is 7.05 Å². The van der Waals surface area contributed by atoms with E-state index in [-0.39, 0.29) is 5.91 Å². The van der Waals surface area contributed by atoms with Crippen LogP contribution in [0, 0.1) is 6.92 Å². The summed E-state index contributed by atoms with van der Waals surface area (Å²) in [6.45, 7) is 1.85. The van der Waals surface area contributed by atoms with Crippen LogP contribution in [0.4, 0.5) is 5.82 Å². The Morgan fingerprint density at radius 3 is 2.65 bits per heavy atom. The molecular formula is C19H16N6O. The lowest BCUT2D eigenvalue weighted by atomic mass is 10.1. The number of carbonyl (C=O) groups is 1. The number of rotatable bonds is 3. The fraction of sp³-hybridized carbons (Fsp3) is 0.105. The van der Waals surface area contributed by atoms with Crippen molar-refractivity contribution in [2.45, 2.75) is 6.92 Å². The lowest BCUT2D eigenvalue weighted by molar-refractivity contribution is 0.102. The van der Waals surface area contributed by atoms with Crippen LogP contribution in [-0.2, 0) is 7.05 Å². The minimum atomic E-state index is -0.219. The largest absolute Gasteiger partial charge is 0.332 e. The number of fused-ring (bicyclic) bond motifs is 1. The molecule has 7 nitrogen and oxygen atoms in total. The summed E-state index contributed by atoms with van der Waals surface area (Å²) in [4.78, 5) is 29.4. The monoisotopic (exact) mass is 344 g/mol. The second-order valence-electron chi connectivity index (χ2n) is 6.02. The Morgan fingerprint density at radius 2 is 1.88 bits per heavy atom. The summed E-state index contributed by atoms with van der Waals surface area (Å²) in [6.07, 6.45) is 8.58. The Kier molecular flexibility index (Phi) is 3.89. The highest BCUT2D eigenvalue weighted by Gasteiger charge is 2.09. The zero-order valence-corrected chi connectivity index (χ0v) is 14.3. The van der Waals surface area contributed by atoms with E-state index in [1.807, 2.05) is 30.7 Å². The zero-order chi connectivity index (χ0) is 18.1. The zero-order valence-electron chi connectivity index (χ0n) is 14.3. The molecule has 0 fully saturated rings. The van der Waals surface area contributed by atoms with Crippen molar-refractivity contribution in [1.29, 1.82) is 0 Å². The third-order valence-electron chi connectivity index (χ3n) is 4.08. The number of hydrogen-bond acceptors (Lipinski definition) is 5. The first-order valence-electron chi connectivity index (χ1n) is 8.07. The smallest absolute Gasteiger partial charge is 0.256 e. The average Bonchev–Trinajstić information content (AvgIpc) is 3.07. The minimum absolute atomic E-state index is 0.219. The third-order valence-corrected chi connectivity index (χ3v) is 4.08. The highest BCUT2D eigenvalue weighted by atomic mass is 16.1. The Labute approximate surface area is 149 Å². The summed E-state index contributed by atoms with van der Waals surface area (Å²) in [5.41, 5.74) is 3.06. The van der Waals surface area contributed by atoms with E-state index in [0.29, 0.717) is 11.4 Å². The number of nitrogens with zero attached hydrogens (tertiary/aromatic N) is 5. The molecule has 0 aliphatic rings. The molecule has 0 spiro atoms. The molecular weight excluding hydrogens is 328 g/mol. The van der Waals surface area contributed by atoms with E-state index in [2.05, 4.69) is 25.3 Å². The summed E-state index contributed by atoms with van der Waals surface area (Å²) in [6, 6.07) is 7.21. The standard InChI is InChI=1S/C19H16N6O/c1-12-5-13(3-4-21-12)19(26)24-18-7-14-6-16(17-10-20-11-25(17)2)22-8-15(14)9-23-18/h3-11H,1-2H3,(H,23,24,26). The molecule has 26 heavy (non-hydrogen) atoms. The molecule has 0 aromatic carbocycles. The molecule has 1 amide bonds. The molecule has 0 bridgehead atoms. The molecule has 4 aromatic heterocycles. The topological polar surface area (TPSA) is 85.6 Å². The van der Waals surface area contributed by atoms with Crippen molar-refractivity contribution in [2.75, 3.05) is 5.32 Å². The van der Waals surface area contributed by atoms with Gasteiger partial charge in [0.2, 0.25) is 0 Å². The van der Waals surface area contributed by atoms with Crippen molar-refractivity contribution >= 4 is 22.5 Å². The van der Waals surface area contributed by atoms with Crippen LogP contribution in [0.3, 0.4) is 0 Å². The van der Waals surface area contributed by atoms with Crippen LogP contribution in [0.15, 0.2) is 55.4 Å². The van der Waals surface area contributed by atoms with Gasteiger partial charge in [-0.1, -0.05) is 0 Å². The van der Waals surface area contributed by atoms with E-state index < -0.39 is 0 Å². The number of amides is 1. The predicted molar refractivity (Wildman–Crippen MR) is 98.7 cm³/mol. The second-order valence-corrected chi connectivity index (χ2v) is 6.02. The van der Waals surface area contributed by atoms with Crippen LogP contribution in [0.1, 0.15) is 16.1 Å². The van der Waals surface area contributed by atoms with Crippen LogP contribution < -0.4 is 5.32 Å². The normalized spacial score (nSPS) is 10.8. The van der Waals surface area contributed by atoms with Gasteiger partial charge in [-0.2, -0.15) is 0 Å². The quantitative estimate of drug-likeness (QED) is 0.617. The number of carbonyl (C=O) groups excluding carboxylic acids is 1. The highest BCUT2D eigenvalue weighted by Crippen LogP contribution is 2.22. The molecule has 0 saturated heterocycles. The molecule has 0 unspecified atom stereocenters. The summed E-state index contributed by atoms with van der Waals surface area (Å²) in [5, 5.41) is 4.66. The van der Waals surface area contributed by atoms with Gasteiger partial charge in [-0.3, -0.25) is 14.8 Å². The van der Waals surface area contributed by atoms with Gasteiger partial charge in [0.15, 0.2) is 0 Å². The van der Waals surface area contributed by atoms with Crippen LogP contribution in [0.25, 0.3) is 22.2 Å². The van der Waals surface area contributed by atoms with E-state index in [9.17, 15) is 4.79 Å². The van der Waals surface area contributed by atoms with Gasteiger partial charge in [0, 0.05) is 42.3 Å². The molecule has 0 aliphatic heterocycles. The first kappa shape index (κ1) is 15.9. The first-order valence-corrected chi connectivity index (χ1v) is 8.07. The second kappa shape index (κ2) is 6.36. The number of nitrogens with one attached hydrogen (secondary N) is 1. The number of anilines is 1. The summed E-state index contributed by atoms with van der Waals surface area (Å²) >= 11 is 0. The predicted octanol–water partition coefficient (Wildman–Crippen LogP) is 2.99. The van der Waals surface area contributed by atoms with Crippen LogP contribution >= 0.6 is 0 Å². The summed E-state index contributed by atoms with van der Waals surface area (Å²) in [5.74, 6) is 0.266. The van der Waals surface area contributed by atoms with Gasteiger partial charge >= 0.3 is 0 Å². The third kappa shape index (κ3) is 3.02. The maximum atomic E-state index is 12.4. The van der Waals surface area contributed by atoms with Crippen molar-refractivity contribution < 1.29 is 4.79 Å². The number of pyridine rings is 3. The molecule has 0 aliphatic carbocycles. The van der Waals surface area contributed by atoms with Crippen LogP contribution in [0.2, 0.25) is 0 Å². The number of hydrogen-bond donors (Lipinski definition) is 1. The van der Waals surface area contributed by atoms with Gasteiger partial charge < -0.3 is 9.88 Å². The molecule has 128 valence electrons. The fourth-order valence-electron chi connectivity index (χ4n) is 2.73. The van der Waals surface area contributed by atoms with Gasteiger partial charge in [0.25, 0.3) is 5.91 Å². The molecule has 0 radical (unpaired) electrons. The SMILES string of the molecule is Cc1cc(C(=O)Nc2cc3cc(-c4cncn4C)ncc3cn2)ccn1. The maximum absolute atomic E-state index is 12.4. The fourth-order valence-corrected chi connectivity index (χ4v) is 2.73. The van der Waals surface area contributed by atoms with E-state index in [1.54, 1.807) is 43.2 Å². The van der Waals surface area contributed by atoms with Gasteiger partial charge in [-0.15, -0.1) is 0 Å². The van der Waals surface area contributed by atoms with E-state index >= 15 is 0 Å². The van der Waals surface area contributed by atoms with Gasteiger partial charge in [-0.25, -0.2) is 9.97 Å². The molecule has 1 N–H and O–H groups in total. The molecule has 4 rings (SSSR count). The van der Waals surface area contributed by atoms with Gasteiger partial charge in [-0.05, 0) is 36.6 Å². The van der Waals surface area contributed by atoms with Crippen molar-refractivity contribution in [3.63, 3.8) is 0 Å². The van der Waals surface area contributed by atoms with Crippen LogP contribution in [0.5, 0.6) is 0 Å². The van der Waals surface area contributed by atoms with Crippen molar-refractivity contribution in [1.82, 2.24) is 24.5 Å². The molecule has 0 saturated carbocycles. The summed E-state index contributed by atoms with van der Waals surface area (Å²) < 4.78 is 1.91. The average molecular weight is 344 g/mol. The first-order chi connectivity index (χ1) is 12.6.